The lowest BCUT2D eigenvalue weighted by molar-refractivity contribution is 0.637. The standard InChI is InChI=1S/C13H10FN3S/c14-11-7-8(15)6-10-12(16-17-13(10)11)4-3-9-2-1-5-18-9/h1-7H,15H2,(H,16,17). The second-order valence-corrected chi connectivity index (χ2v) is 4.86. The van der Waals surface area contributed by atoms with Gasteiger partial charge in [0, 0.05) is 16.0 Å². The lowest BCUT2D eigenvalue weighted by atomic mass is 10.1. The van der Waals surface area contributed by atoms with Crippen molar-refractivity contribution in [2.75, 3.05) is 5.73 Å². The summed E-state index contributed by atoms with van der Waals surface area (Å²) in [7, 11) is 0. The zero-order valence-corrected chi connectivity index (χ0v) is 10.2. The number of thiophene rings is 1. The number of aromatic amines is 1. The van der Waals surface area contributed by atoms with Gasteiger partial charge in [-0.1, -0.05) is 6.07 Å². The van der Waals surface area contributed by atoms with Crippen molar-refractivity contribution in [3.8, 4) is 0 Å². The molecule has 0 aliphatic carbocycles. The Hall–Kier alpha value is -2.14. The molecule has 5 heteroatoms. The number of rotatable bonds is 2. The molecule has 0 radical (unpaired) electrons. The summed E-state index contributed by atoms with van der Waals surface area (Å²) in [5, 5.41) is 9.47. The number of nitrogens with one attached hydrogen (secondary N) is 1. The topological polar surface area (TPSA) is 54.7 Å². The third kappa shape index (κ3) is 1.89. The zero-order valence-electron chi connectivity index (χ0n) is 9.35. The van der Waals surface area contributed by atoms with E-state index < -0.39 is 5.82 Å². The smallest absolute Gasteiger partial charge is 0.153 e. The minimum absolute atomic E-state index is 0.315. The molecule has 0 bridgehead atoms. The minimum atomic E-state index is -0.406. The highest BCUT2D eigenvalue weighted by atomic mass is 32.1. The number of hydrogen-bond acceptors (Lipinski definition) is 3. The lowest BCUT2D eigenvalue weighted by Gasteiger charge is -1.95. The number of halogens is 1. The highest BCUT2D eigenvalue weighted by Gasteiger charge is 2.08. The van der Waals surface area contributed by atoms with Crippen LogP contribution in [0.1, 0.15) is 10.6 Å². The maximum atomic E-state index is 13.6. The van der Waals surface area contributed by atoms with E-state index in [2.05, 4.69) is 10.2 Å². The summed E-state index contributed by atoms with van der Waals surface area (Å²) < 4.78 is 13.6. The van der Waals surface area contributed by atoms with E-state index in [9.17, 15) is 4.39 Å². The first-order valence-corrected chi connectivity index (χ1v) is 6.27. The van der Waals surface area contributed by atoms with Gasteiger partial charge in [-0.25, -0.2) is 4.39 Å². The number of aromatic nitrogens is 2. The molecule has 1 aromatic carbocycles. The second kappa shape index (κ2) is 4.27. The molecule has 90 valence electrons. The van der Waals surface area contributed by atoms with Crippen LogP contribution in [0, 0.1) is 5.82 Å². The van der Waals surface area contributed by atoms with Gasteiger partial charge in [0.25, 0.3) is 0 Å². The summed E-state index contributed by atoms with van der Waals surface area (Å²) in [6, 6.07) is 6.98. The Kier molecular flexibility index (Phi) is 2.60. The molecule has 0 aliphatic rings. The molecule has 2 aromatic heterocycles. The number of nitrogens with zero attached hydrogens (tertiary/aromatic N) is 1. The average Bonchev–Trinajstić information content (AvgIpc) is 2.94. The number of nitrogen functional groups attached to an aromatic ring is 1. The van der Waals surface area contributed by atoms with E-state index in [0.717, 1.165) is 10.6 Å². The van der Waals surface area contributed by atoms with E-state index in [1.807, 2.05) is 29.7 Å². The van der Waals surface area contributed by atoms with Crippen molar-refractivity contribution < 1.29 is 4.39 Å². The first-order chi connectivity index (χ1) is 8.74. The SMILES string of the molecule is Nc1cc(F)c2n[nH]c(C=Cc3cccs3)c2c1. The fourth-order valence-electron chi connectivity index (χ4n) is 1.79. The van der Waals surface area contributed by atoms with Crippen LogP contribution in [0.3, 0.4) is 0 Å². The van der Waals surface area contributed by atoms with Crippen molar-refractivity contribution in [3.63, 3.8) is 0 Å². The van der Waals surface area contributed by atoms with Crippen molar-refractivity contribution >= 4 is 40.1 Å². The molecule has 0 saturated heterocycles. The predicted octanol–water partition coefficient (Wildman–Crippen LogP) is 3.52. The van der Waals surface area contributed by atoms with E-state index in [0.29, 0.717) is 16.6 Å². The molecule has 3 rings (SSSR count). The van der Waals surface area contributed by atoms with Crippen LogP contribution >= 0.6 is 11.3 Å². The molecule has 3 nitrogen and oxygen atoms in total. The first-order valence-electron chi connectivity index (χ1n) is 5.39. The van der Waals surface area contributed by atoms with Crippen LogP contribution in [0.15, 0.2) is 29.6 Å². The quantitative estimate of drug-likeness (QED) is 0.692. The Morgan fingerprint density at radius 1 is 1.33 bits per heavy atom. The third-order valence-corrected chi connectivity index (χ3v) is 3.46. The van der Waals surface area contributed by atoms with Gasteiger partial charge in [-0.3, -0.25) is 5.10 Å². The number of H-pyrrole nitrogens is 1. The summed E-state index contributed by atoms with van der Waals surface area (Å²) in [6.45, 7) is 0. The molecule has 0 atom stereocenters. The normalized spacial score (nSPS) is 11.6. The van der Waals surface area contributed by atoms with Gasteiger partial charge in [-0.05, 0) is 35.7 Å². The largest absolute Gasteiger partial charge is 0.399 e. The monoisotopic (exact) mass is 259 g/mol. The molecular weight excluding hydrogens is 249 g/mol. The molecule has 0 aliphatic heterocycles. The van der Waals surface area contributed by atoms with Crippen molar-refractivity contribution in [2.45, 2.75) is 0 Å². The first kappa shape index (κ1) is 11.0. The van der Waals surface area contributed by atoms with Gasteiger partial charge in [-0.15, -0.1) is 11.3 Å². The van der Waals surface area contributed by atoms with Gasteiger partial charge in [0.05, 0.1) is 5.69 Å². The molecular formula is C13H10FN3S. The van der Waals surface area contributed by atoms with E-state index in [1.165, 1.54) is 6.07 Å². The van der Waals surface area contributed by atoms with E-state index in [-0.39, 0.29) is 0 Å². The van der Waals surface area contributed by atoms with Crippen LogP contribution in [0.25, 0.3) is 23.1 Å². The molecule has 18 heavy (non-hydrogen) atoms. The van der Waals surface area contributed by atoms with Crippen molar-refractivity contribution in [1.29, 1.82) is 0 Å². The fraction of sp³-hybridized carbons (Fsp3) is 0. The number of hydrogen-bond donors (Lipinski definition) is 2. The summed E-state index contributed by atoms with van der Waals surface area (Å²) in [6.07, 6.45) is 3.83. The zero-order chi connectivity index (χ0) is 12.5. The van der Waals surface area contributed by atoms with Crippen LogP contribution in [-0.4, -0.2) is 10.2 Å². The Balaban J connectivity index is 2.08. The van der Waals surface area contributed by atoms with Gasteiger partial charge >= 0.3 is 0 Å². The van der Waals surface area contributed by atoms with Gasteiger partial charge in [0.2, 0.25) is 0 Å². The minimum Gasteiger partial charge on any atom is -0.399 e. The van der Waals surface area contributed by atoms with Crippen LogP contribution in [0.4, 0.5) is 10.1 Å². The van der Waals surface area contributed by atoms with Crippen LogP contribution < -0.4 is 5.73 Å². The molecule has 2 heterocycles. The van der Waals surface area contributed by atoms with Crippen molar-refractivity contribution in [1.82, 2.24) is 10.2 Å². The third-order valence-electron chi connectivity index (χ3n) is 2.62. The van der Waals surface area contributed by atoms with Gasteiger partial charge in [0.15, 0.2) is 5.82 Å². The van der Waals surface area contributed by atoms with E-state index >= 15 is 0 Å². The summed E-state index contributed by atoms with van der Waals surface area (Å²) in [4.78, 5) is 1.13. The highest BCUT2D eigenvalue weighted by Crippen LogP contribution is 2.24. The van der Waals surface area contributed by atoms with Crippen LogP contribution in [0.5, 0.6) is 0 Å². The summed E-state index contributed by atoms with van der Waals surface area (Å²) >= 11 is 1.64. The number of benzene rings is 1. The van der Waals surface area contributed by atoms with E-state index in [4.69, 9.17) is 5.73 Å². The van der Waals surface area contributed by atoms with Gasteiger partial charge < -0.3 is 5.73 Å². The summed E-state index contributed by atoms with van der Waals surface area (Å²) in [5.74, 6) is -0.406. The maximum Gasteiger partial charge on any atom is 0.153 e. The second-order valence-electron chi connectivity index (χ2n) is 3.88. The lowest BCUT2D eigenvalue weighted by Crippen LogP contribution is -1.87. The van der Waals surface area contributed by atoms with Crippen molar-refractivity contribution in [3.05, 3.63) is 46.0 Å². The molecule has 0 fully saturated rings. The number of anilines is 1. The van der Waals surface area contributed by atoms with Crippen molar-refractivity contribution in [2.24, 2.45) is 0 Å². The highest BCUT2D eigenvalue weighted by molar-refractivity contribution is 7.10. The molecule has 0 amide bonds. The van der Waals surface area contributed by atoms with E-state index in [1.54, 1.807) is 17.4 Å². The van der Waals surface area contributed by atoms with Gasteiger partial charge in [-0.2, -0.15) is 5.10 Å². The fourth-order valence-corrected chi connectivity index (χ4v) is 2.41. The van der Waals surface area contributed by atoms with Crippen LogP contribution in [0.2, 0.25) is 0 Å². The number of nitrogens with two attached hydrogens (primary N) is 1. The molecule has 3 aromatic rings. The predicted molar refractivity (Wildman–Crippen MR) is 73.7 cm³/mol. The molecule has 0 unspecified atom stereocenters. The van der Waals surface area contributed by atoms with Gasteiger partial charge in [0.1, 0.15) is 5.52 Å². The Morgan fingerprint density at radius 2 is 2.22 bits per heavy atom. The maximum absolute atomic E-state index is 13.6. The molecule has 3 N–H and O–H groups in total. The Morgan fingerprint density at radius 3 is 3.00 bits per heavy atom. The van der Waals surface area contributed by atoms with Crippen LogP contribution in [-0.2, 0) is 0 Å². The molecule has 0 spiro atoms. The Labute approximate surface area is 107 Å². The average molecular weight is 259 g/mol. The number of fused-ring (bicyclic) bond motifs is 1. The molecule has 0 saturated carbocycles. The summed E-state index contributed by atoms with van der Waals surface area (Å²) in [5.41, 5.74) is 7.10. The Bertz CT molecular complexity index is 713.